The average Bonchev–Trinajstić information content (AvgIpc) is 2.55. The number of rotatable bonds is 14. The lowest BCUT2D eigenvalue weighted by molar-refractivity contribution is 0.304. The van der Waals surface area contributed by atoms with Crippen LogP contribution >= 0.6 is 0 Å². The highest BCUT2D eigenvalue weighted by atomic mass is 16.5. The van der Waals surface area contributed by atoms with Crippen LogP contribution in [0.2, 0.25) is 0 Å². The predicted molar refractivity (Wildman–Crippen MR) is 102 cm³/mol. The van der Waals surface area contributed by atoms with Crippen molar-refractivity contribution >= 4 is 0 Å². The van der Waals surface area contributed by atoms with Crippen molar-refractivity contribution in [1.82, 2.24) is 0 Å². The quantitative estimate of drug-likeness (QED) is 0.325. The molecule has 0 fully saturated rings. The zero-order valence-corrected chi connectivity index (χ0v) is 15.8. The summed E-state index contributed by atoms with van der Waals surface area (Å²) in [5.41, 5.74) is 2.65. The molecule has 0 unspecified atom stereocenters. The summed E-state index contributed by atoms with van der Waals surface area (Å²) >= 11 is 0. The molecule has 132 valence electrons. The second kappa shape index (κ2) is 13.5. The van der Waals surface area contributed by atoms with E-state index in [-0.39, 0.29) is 0 Å². The summed E-state index contributed by atoms with van der Waals surface area (Å²) in [4.78, 5) is 0. The van der Waals surface area contributed by atoms with Crippen molar-refractivity contribution in [3.8, 4) is 5.75 Å². The Kier molecular flexibility index (Phi) is 11.7. The van der Waals surface area contributed by atoms with E-state index in [0.29, 0.717) is 0 Å². The van der Waals surface area contributed by atoms with E-state index in [1.807, 2.05) is 0 Å². The van der Waals surface area contributed by atoms with Gasteiger partial charge >= 0.3 is 0 Å². The molecule has 0 saturated heterocycles. The summed E-state index contributed by atoms with van der Waals surface area (Å²) in [7, 11) is 0. The van der Waals surface area contributed by atoms with Crippen molar-refractivity contribution in [2.75, 3.05) is 6.61 Å². The molecule has 0 atom stereocenters. The molecule has 0 aliphatic rings. The third kappa shape index (κ3) is 10.4. The molecule has 0 aliphatic carbocycles. The highest BCUT2D eigenvalue weighted by Gasteiger charge is 1.98. The average molecular weight is 319 g/mol. The van der Waals surface area contributed by atoms with Crippen molar-refractivity contribution in [1.29, 1.82) is 0 Å². The van der Waals surface area contributed by atoms with Gasteiger partial charge in [-0.1, -0.05) is 83.6 Å². The van der Waals surface area contributed by atoms with Crippen molar-refractivity contribution in [2.24, 2.45) is 0 Å². The molecule has 1 aromatic rings. The fraction of sp³-hybridized carbons (Fsp3) is 0.727. The van der Waals surface area contributed by atoms with Gasteiger partial charge in [-0.25, -0.2) is 0 Å². The Morgan fingerprint density at radius 1 is 0.652 bits per heavy atom. The zero-order valence-electron chi connectivity index (χ0n) is 15.8. The summed E-state index contributed by atoms with van der Waals surface area (Å²) in [6.07, 6.45) is 16.7. The van der Waals surface area contributed by atoms with Gasteiger partial charge in [0.05, 0.1) is 6.61 Å². The molecule has 1 aromatic carbocycles. The smallest absolute Gasteiger partial charge is 0.119 e. The van der Waals surface area contributed by atoms with Gasteiger partial charge in [0, 0.05) is 0 Å². The number of aryl methyl sites for hydroxylation is 2. The Hall–Kier alpha value is -0.980. The molecular weight excluding hydrogens is 280 g/mol. The molecule has 0 bridgehead atoms. The summed E-state index contributed by atoms with van der Waals surface area (Å²) in [6, 6.07) is 6.38. The van der Waals surface area contributed by atoms with Gasteiger partial charge in [0.15, 0.2) is 0 Å². The van der Waals surface area contributed by atoms with Gasteiger partial charge in [0.1, 0.15) is 5.75 Å². The highest BCUT2D eigenvalue weighted by Crippen LogP contribution is 2.17. The van der Waals surface area contributed by atoms with Gasteiger partial charge in [0.2, 0.25) is 0 Å². The Morgan fingerprint density at radius 3 is 1.70 bits per heavy atom. The molecule has 0 radical (unpaired) electrons. The minimum Gasteiger partial charge on any atom is -0.494 e. The fourth-order valence-corrected chi connectivity index (χ4v) is 2.94. The van der Waals surface area contributed by atoms with Crippen molar-refractivity contribution in [3.63, 3.8) is 0 Å². The molecule has 23 heavy (non-hydrogen) atoms. The van der Waals surface area contributed by atoms with E-state index in [4.69, 9.17) is 4.74 Å². The molecule has 0 aliphatic heterocycles. The summed E-state index contributed by atoms with van der Waals surface area (Å²) in [5, 5.41) is 0. The van der Waals surface area contributed by atoms with Gasteiger partial charge in [-0.15, -0.1) is 0 Å². The van der Waals surface area contributed by atoms with E-state index in [1.54, 1.807) is 0 Å². The standard InChI is InChI=1S/C22H38O/c1-4-5-6-7-8-9-10-11-12-13-14-15-18-23-22-17-16-20(2)21(3)19-22/h16-17,19H,4-15,18H2,1-3H3. The summed E-state index contributed by atoms with van der Waals surface area (Å²) < 4.78 is 5.83. The molecule has 0 aromatic heterocycles. The number of benzene rings is 1. The molecule has 0 N–H and O–H groups in total. The Bertz CT molecular complexity index is 397. The van der Waals surface area contributed by atoms with E-state index in [0.717, 1.165) is 12.4 Å². The molecule has 1 rings (SSSR count). The van der Waals surface area contributed by atoms with Crippen LogP contribution in [0.5, 0.6) is 5.75 Å². The Labute approximate surface area is 144 Å². The maximum absolute atomic E-state index is 5.83. The van der Waals surface area contributed by atoms with Gasteiger partial charge in [-0.3, -0.25) is 0 Å². The van der Waals surface area contributed by atoms with Crippen LogP contribution in [0.1, 0.15) is 95.1 Å². The molecule has 1 nitrogen and oxygen atoms in total. The second-order valence-corrected chi connectivity index (χ2v) is 6.98. The van der Waals surface area contributed by atoms with E-state index in [1.165, 1.54) is 88.2 Å². The van der Waals surface area contributed by atoms with Crippen molar-refractivity contribution in [2.45, 2.75) is 97.8 Å². The number of unbranched alkanes of at least 4 members (excludes halogenated alkanes) is 11. The van der Waals surface area contributed by atoms with Crippen LogP contribution in [0.15, 0.2) is 18.2 Å². The number of hydrogen-bond donors (Lipinski definition) is 0. The number of hydrogen-bond acceptors (Lipinski definition) is 1. The van der Waals surface area contributed by atoms with Crippen LogP contribution in [0, 0.1) is 13.8 Å². The van der Waals surface area contributed by atoms with Crippen molar-refractivity contribution < 1.29 is 4.74 Å². The Balaban J connectivity index is 1.85. The van der Waals surface area contributed by atoms with E-state index in [9.17, 15) is 0 Å². The summed E-state index contributed by atoms with van der Waals surface area (Å²) in [5.74, 6) is 1.02. The SMILES string of the molecule is CCCCCCCCCCCCCCOc1ccc(C)c(C)c1. The molecular formula is C22H38O. The first-order valence-corrected chi connectivity index (χ1v) is 9.94. The normalized spacial score (nSPS) is 10.9. The zero-order chi connectivity index (χ0) is 16.8. The van der Waals surface area contributed by atoms with E-state index in [2.05, 4.69) is 39.0 Å². The van der Waals surface area contributed by atoms with E-state index < -0.39 is 0 Å². The van der Waals surface area contributed by atoms with Gasteiger partial charge < -0.3 is 4.74 Å². The first-order valence-electron chi connectivity index (χ1n) is 9.94. The lowest BCUT2D eigenvalue weighted by atomic mass is 10.1. The predicted octanol–water partition coefficient (Wildman–Crippen LogP) is 7.38. The molecule has 1 heteroatoms. The summed E-state index contributed by atoms with van der Waals surface area (Å²) in [6.45, 7) is 7.43. The van der Waals surface area contributed by atoms with Crippen LogP contribution in [0.25, 0.3) is 0 Å². The molecule has 0 spiro atoms. The van der Waals surface area contributed by atoms with Crippen molar-refractivity contribution in [3.05, 3.63) is 29.3 Å². The third-order valence-electron chi connectivity index (χ3n) is 4.74. The topological polar surface area (TPSA) is 9.23 Å². The molecule has 0 heterocycles. The first kappa shape index (κ1) is 20.1. The number of ether oxygens (including phenoxy) is 1. The van der Waals surface area contributed by atoms with Crippen LogP contribution in [0.3, 0.4) is 0 Å². The lowest BCUT2D eigenvalue weighted by Crippen LogP contribution is -1.98. The maximum Gasteiger partial charge on any atom is 0.119 e. The fourth-order valence-electron chi connectivity index (χ4n) is 2.94. The third-order valence-corrected chi connectivity index (χ3v) is 4.74. The first-order chi connectivity index (χ1) is 11.2. The Morgan fingerprint density at radius 2 is 1.17 bits per heavy atom. The molecule has 0 amide bonds. The van der Waals surface area contributed by atoms with Gasteiger partial charge in [-0.05, 0) is 43.5 Å². The maximum atomic E-state index is 5.83. The largest absolute Gasteiger partial charge is 0.494 e. The van der Waals surface area contributed by atoms with Crippen LogP contribution in [-0.2, 0) is 0 Å². The molecule has 0 saturated carbocycles. The van der Waals surface area contributed by atoms with Crippen LogP contribution in [0.4, 0.5) is 0 Å². The van der Waals surface area contributed by atoms with Crippen LogP contribution in [-0.4, -0.2) is 6.61 Å². The highest BCUT2D eigenvalue weighted by molar-refractivity contribution is 5.33. The van der Waals surface area contributed by atoms with Crippen LogP contribution < -0.4 is 4.74 Å². The van der Waals surface area contributed by atoms with Gasteiger partial charge in [0.25, 0.3) is 0 Å². The second-order valence-electron chi connectivity index (χ2n) is 6.98. The monoisotopic (exact) mass is 318 g/mol. The lowest BCUT2D eigenvalue weighted by Gasteiger charge is -2.08. The minimum absolute atomic E-state index is 0.861. The van der Waals surface area contributed by atoms with Gasteiger partial charge in [-0.2, -0.15) is 0 Å². The van der Waals surface area contributed by atoms with E-state index >= 15 is 0 Å². The minimum atomic E-state index is 0.861.